The summed E-state index contributed by atoms with van der Waals surface area (Å²) < 4.78 is 0. The highest BCUT2D eigenvalue weighted by molar-refractivity contribution is 5.97. The number of amides is 2. The molecule has 128 valence electrons. The van der Waals surface area contributed by atoms with Crippen molar-refractivity contribution in [2.45, 2.75) is 12.5 Å². The first-order valence-electron chi connectivity index (χ1n) is 8.15. The van der Waals surface area contributed by atoms with Gasteiger partial charge in [-0.3, -0.25) is 9.59 Å². The van der Waals surface area contributed by atoms with Gasteiger partial charge in [0.1, 0.15) is 6.04 Å². The lowest BCUT2D eigenvalue weighted by Gasteiger charge is -2.17. The molecule has 3 aromatic carbocycles. The van der Waals surface area contributed by atoms with Gasteiger partial charge in [-0.15, -0.1) is 0 Å². The van der Waals surface area contributed by atoms with Crippen LogP contribution in [-0.4, -0.2) is 17.9 Å². The van der Waals surface area contributed by atoms with Crippen molar-refractivity contribution in [1.82, 2.24) is 5.32 Å². The van der Waals surface area contributed by atoms with Crippen LogP contribution in [-0.2, 0) is 11.2 Å². The molecule has 5 nitrogen and oxygen atoms in total. The molecule has 0 bridgehead atoms. The summed E-state index contributed by atoms with van der Waals surface area (Å²) in [5.41, 5.74) is 7.27. The Labute approximate surface area is 151 Å². The number of nitrogens with one attached hydrogen (secondary N) is 1. The molecule has 3 rings (SSSR count). The minimum atomic E-state index is -0.830. The first kappa shape index (κ1) is 17.2. The predicted octanol–water partition coefficient (Wildman–Crippen LogP) is 2.54. The first-order valence-corrected chi connectivity index (χ1v) is 8.15. The molecule has 0 aromatic heterocycles. The van der Waals surface area contributed by atoms with Crippen LogP contribution >= 0.6 is 0 Å². The molecule has 0 aliphatic carbocycles. The number of hydrogen-bond donors (Lipinski definition) is 2. The molecule has 3 aromatic rings. The average molecular weight is 343 g/mol. The molecule has 2 amide bonds. The van der Waals surface area contributed by atoms with Gasteiger partial charge in [0.05, 0.1) is 11.6 Å². The zero-order valence-electron chi connectivity index (χ0n) is 14.0. The van der Waals surface area contributed by atoms with Crippen molar-refractivity contribution in [3.8, 4) is 6.07 Å². The van der Waals surface area contributed by atoms with Crippen molar-refractivity contribution in [3.63, 3.8) is 0 Å². The fourth-order valence-corrected chi connectivity index (χ4v) is 2.85. The second-order valence-electron chi connectivity index (χ2n) is 5.96. The lowest BCUT2D eigenvalue weighted by molar-refractivity contribution is -0.119. The third kappa shape index (κ3) is 3.70. The van der Waals surface area contributed by atoms with Crippen LogP contribution in [0.2, 0.25) is 0 Å². The van der Waals surface area contributed by atoms with Gasteiger partial charge in [0.15, 0.2) is 0 Å². The molecule has 0 aliphatic rings. The normalized spacial score (nSPS) is 11.5. The van der Waals surface area contributed by atoms with Crippen LogP contribution < -0.4 is 11.1 Å². The Hall–Kier alpha value is -3.65. The molecule has 1 atom stereocenters. The van der Waals surface area contributed by atoms with E-state index in [9.17, 15) is 9.59 Å². The number of carbonyl (C=O) groups is 2. The van der Waals surface area contributed by atoms with E-state index >= 15 is 0 Å². The fraction of sp³-hybridized carbons (Fsp3) is 0.0952. The van der Waals surface area contributed by atoms with E-state index in [2.05, 4.69) is 5.32 Å². The number of fused-ring (bicyclic) bond motifs is 1. The summed E-state index contributed by atoms with van der Waals surface area (Å²) in [6.45, 7) is 0. The van der Waals surface area contributed by atoms with Crippen molar-refractivity contribution < 1.29 is 9.59 Å². The van der Waals surface area contributed by atoms with Crippen LogP contribution in [0.1, 0.15) is 21.5 Å². The molecule has 5 heteroatoms. The SMILES string of the molecule is N#Cc1ccc(C(=O)N[C@H](Cc2cccc3ccccc23)C(N)=O)cc1. The lowest BCUT2D eigenvalue weighted by Crippen LogP contribution is -2.45. The summed E-state index contributed by atoms with van der Waals surface area (Å²) in [7, 11) is 0. The van der Waals surface area contributed by atoms with Crippen molar-refractivity contribution in [2.75, 3.05) is 0 Å². The van der Waals surface area contributed by atoms with Crippen molar-refractivity contribution >= 4 is 22.6 Å². The Balaban J connectivity index is 1.82. The Morgan fingerprint density at radius 3 is 2.38 bits per heavy atom. The zero-order valence-corrected chi connectivity index (χ0v) is 14.0. The van der Waals surface area contributed by atoms with Crippen LogP contribution in [0.5, 0.6) is 0 Å². The Morgan fingerprint density at radius 2 is 1.69 bits per heavy atom. The van der Waals surface area contributed by atoms with Crippen LogP contribution in [0.4, 0.5) is 0 Å². The molecule has 0 saturated heterocycles. The molecule has 0 spiro atoms. The standard InChI is InChI=1S/C21H17N3O2/c22-13-14-8-10-16(11-9-14)21(26)24-19(20(23)25)12-17-6-3-5-15-4-1-2-7-18(15)17/h1-11,19H,12H2,(H2,23,25)(H,24,26)/t19-/m1/s1. The maximum atomic E-state index is 12.4. The number of nitriles is 1. The maximum Gasteiger partial charge on any atom is 0.251 e. The van der Waals surface area contributed by atoms with Gasteiger partial charge in [-0.25, -0.2) is 0 Å². The summed E-state index contributed by atoms with van der Waals surface area (Å²) in [6, 6.07) is 21.0. The molecule has 0 unspecified atom stereocenters. The van der Waals surface area contributed by atoms with Gasteiger partial charge in [-0.1, -0.05) is 42.5 Å². The minimum Gasteiger partial charge on any atom is -0.368 e. The average Bonchev–Trinajstić information content (AvgIpc) is 2.67. The van der Waals surface area contributed by atoms with Crippen LogP contribution in [0.3, 0.4) is 0 Å². The molecule has 0 aliphatic heterocycles. The monoisotopic (exact) mass is 343 g/mol. The number of benzene rings is 3. The zero-order chi connectivity index (χ0) is 18.5. The molecule has 0 saturated carbocycles. The molecule has 0 heterocycles. The topological polar surface area (TPSA) is 96.0 Å². The maximum absolute atomic E-state index is 12.4. The highest BCUT2D eigenvalue weighted by atomic mass is 16.2. The van der Waals surface area contributed by atoms with Crippen molar-refractivity contribution in [3.05, 3.63) is 83.4 Å². The third-order valence-corrected chi connectivity index (χ3v) is 4.23. The molecule has 0 fully saturated rings. The van der Waals surface area contributed by atoms with Gasteiger partial charge in [-0.05, 0) is 40.6 Å². The molecule has 26 heavy (non-hydrogen) atoms. The van der Waals surface area contributed by atoms with Crippen molar-refractivity contribution in [1.29, 1.82) is 5.26 Å². The number of nitrogens with zero attached hydrogens (tertiary/aromatic N) is 1. The number of hydrogen-bond acceptors (Lipinski definition) is 3. The van der Waals surface area contributed by atoms with Gasteiger partial charge in [0.25, 0.3) is 5.91 Å². The highest BCUT2D eigenvalue weighted by Gasteiger charge is 2.20. The van der Waals surface area contributed by atoms with Crippen molar-refractivity contribution in [2.24, 2.45) is 5.73 Å². The number of nitrogens with two attached hydrogens (primary N) is 1. The lowest BCUT2D eigenvalue weighted by atomic mass is 9.98. The second-order valence-corrected chi connectivity index (χ2v) is 5.96. The van der Waals surface area contributed by atoms with Gasteiger partial charge < -0.3 is 11.1 Å². The minimum absolute atomic E-state index is 0.304. The summed E-state index contributed by atoms with van der Waals surface area (Å²) in [4.78, 5) is 24.3. The number of carbonyl (C=O) groups excluding carboxylic acids is 2. The van der Waals surface area contributed by atoms with E-state index in [-0.39, 0.29) is 0 Å². The first-order chi connectivity index (χ1) is 12.6. The van der Waals surface area contributed by atoms with E-state index in [0.717, 1.165) is 16.3 Å². The summed E-state index contributed by atoms with van der Waals surface area (Å²) in [6.07, 6.45) is 0.304. The van der Waals surface area contributed by atoms with E-state index in [4.69, 9.17) is 11.0 Å². The number of primary amides is 1. The van der Waals surface area contributed by atoms with Crippen LogP contribution in [0.15, 0.2) is 66.7 Å². The van der Waals surface area contributed by atoms with Gasteiger partial charge in [0, 0.05) is 12.0 Å². The van der Waals surface area contributed by atoms with Gasteiger partial charge in [0.2, 0.25) is 5.91 Å². The largest absolute Gasteiger partial charge is 0.368 e. The Kier molecular flexibility index (Phi) is 4.95. The summed E-state index contributed by atoms with van der Waals surface area (Å²) in [5.74, 6) is -1.00. The Morgan fingerprint density at radius 1 is 1.00 bits per heavy atom. The quantitative estimate of drug-likeness (QED) is 0.745. The van der Waals surface area contributed by atoms with Gasteiger partial charge >= 0.3 is 0 Å². The van der Waals surface area contributed by atoms with E-state index in [1.54, 1.807) is 24.3 Å². The second kappa shape index (κ2) is 7.49. The van der Waals surface area contributed by atoms with E-state index in [1.165, 1.54) is 0 Å². The molecule has 0 radical (unpaired) electrons. The van der Waals surface area contributed by atoms with E-state index in [0.29, 0.717) is 17.5 Å². The summed E-state index contributed by atoms with van der Waals surface area (Å²) >= 11 is 0. The number of rotatable bonds is 5. The molecular formula is C21H17N3O2. The Bertz CT molecular complexity index is 998. The van der Waals surface area contributed by atoms with E-state index < -0.39 is 17.9 Å². The van der Waals surface area contributed by atoms with E-state index in [1.807, 2.05) is 48.5 Å². The predicted molar refractivity (Wildman–Crippen MR) is 99.3 cm³/mol. The third-order valence-electron chi connectivity index (χ3n) is 4.23. The van der Waals surface area contributed by atoms with Gasteiger partial charge in [-0.2, -0.15) is 5.26 Å². The summed E-state index contributed by atoms with van der Waals surface area (Å²) in [5, 5.41) is 13.6. The fourth-order valence-electron chi connectivity index (χ4n) is 2.85. The van der Waals surface area contributed by atoms with Crippen LogP contribution in [0, 0.1) is 11.3 Å². The smallest absolute Gasteiger partial charge is 0.251 e. The van der Waals surface area contributed by atoms with Crippen LogP contribution in [0.25, 0.3) is 10.8 Å². The molecular weight excluding hydrogens is 326 g/mol. The highest BCUT2D eigenvalue weighted by Crippen LogP contribution is 2.20. The molecule has 3 N–H and O–H groups in total.